The van der Waals surface area contributed by atoms with E-state index in [0.717, 1.165) is 19.4 Å². The van der Waals surface area contributed by atoms with Gasteiger partial charge in [-0.15, -0.1) is 12.4 Å². The Labute approximate surface area is 149 Å². The molecule has 1 unspecified atom stereocenters. The zero-order chi connectivity index (χ0) is 16.3. The number of rotatable bonds is 6. The van der Waals surface area contributed by atoms with Crippen molar-refractivity contribution in [2.45, 2.75) is 37.6 Å². The Hall–Kier alpha value is -0.530. The van der Waals surface area contributed by atoms with Gasteiger partial charge in [-0.05, 0) is 44.0 Å². The third kappa shape index (κ3) is 4.31. The molecule has 23 heavy (non-hydrogen) atoms. The number of methoxy groups -OCH3 is 1. The van der Waals surface area contributed by atoms with Gasteiger partial charge >= 0.3 is 0 Å². The second-order valence-corrected chi connectivity index (χ2v) is 7.78. The molecule has 0 amide bonds. The van der Waals surface area contributed by atoms with E-state index >= 15 is 0 Å². The molecule has 0 bridgehead atoms. The molecule has 1 saturated heterocycles. The first kappa shape index (κ1) is 20.5. The Bertz CT molecular complexity index is 632. The molecule has 5 nitrogen and oxygen atoms in total. The average Bonchev–Trinajstić information content (AvgIpc) is 3.00. The summed E-state index contributed by atoms with van der Waals surface area (Å²) in [4.78, 5) is 0.263. The van der Waals surface area contributed by atoms with Crippen LogP contribution in [0.15, 0.2) is 17.0 Å². The van der Waals surface area contributed by atoms with Gasteiger partial charge in [0, 0.05) is 19.1 Å². The lowest BCUT2D eigenvalue weighted by Gasteiger charge is -2.28. The zero-order valence-corrected chi connectivity index (χ0v) is 16.0. The number of aryl methyl sites for hydroxylation is 1. The van der Waals surface area contributed by atoms with Gasteiger partial charge in [0.15, 0.2) is 0 Å². The molecule has 0 aliphatic carbocycles. The average molecular weight is 383 g/mol. The summed E-state index contributed by atoms with van der Waals surface area (Å²) in [6, 6.07) is 3.17. The highest BCUT2D eigenvalue weighted by molar-refractivity contribution is 7.89. The zero-order valence-electron chi connectivity index (χ0n) is 13.6. The van der Waals surface area contributed by atoms with Gasteiger partial charge in [-0.3, -0.25) is 0 Å². The molecule has 0 saturated carbocycles. The maximum atomic E-state index is 13.1. The molecule has 132 valence electrons. The van der Waals surface area contributed by atoms with Crippen LogP contribution in [-0.4, -0.2) is 45.5 Å². The summed E-state index contributed by atoms with van der Waals surface area (Å²) >= 11 is 6.13. The molecule has 1 aromatic rings. The van der Waals surface area contributed by atoms with Gasteiger partial charge in [0.2, 0.25) is 10.0 Å². The van der Waals surface area contributed by atoms with Crippen molar-refractivity contribution < 1.29 is 13.2 Å². The van der Waals surface area contributed by atoms with E-state index in [2.05, 4.69) is 5.32 Å². The molecule has 1 N–H and O–H groups in total. The van der Waals surface area contributed by atoms with Crippen molar-refractivity contribution in [2.24, 2.45) is 0 Å². The third-order valence-corrected chi connectivity index (χ3v) is 6.31. The summed E-state index contributed by atoms with van der Waals surface area (Å²) in [5.41, 5.74) is 0.647. The normalized spacial score (nSPS) is 18.0. The lowest BCUT2D eigenvalue weighted by atomic mass is 10.2. The third-order valence-electron chi connectivity index (χ3n) is 3.92. The number of nitrogens with zero attached hydrogens (tertiary/aromatic N) is 1. The van der Waals surface area contributed by atoms with Crippen LogP contribution in [0.5, 0.6) is 5.75 Å². The van der Waals surface area contributed by atoms with Gasteiger partial charge in [0.1, 0.15) is 5.75 Å². The number of hydrogen-bond acceptors (Lipinski definition) is 4. The van der Waals surface area contributed by atoms with Crippen LogP contribution in [0.1, 0.15) is 25.3 Å². The van der Waals surface area contributed by atoms with Crippen LogP contribution >= 0.6 is 24.0 Å². The fourth-order valence-corrected chi connectivity index (χ4v) is 5.09. The van der Waals surface area contributed by atoms with Crippen LogP contribution < -0.4 is 10.1 Å². The van der Waals surface area contributed by atoms with E-state index in [1.165, 1.54) is 13.2 Å². The Morgan fingerprint density at radius 1 is 1.43 bits per heavy atom. The first-order valence-electron chi connectivity index (χ1n) is 7.48. The summed E-state index contributed by atoms with van der Waals surface area (Å²) in [6.45, 7) is 5.81. The van der Waals surface area contributed by atoms with E-state index in [0.29, 0.717) is 29.4 Å². The van der Waals surface area contributed by atoms with Crippen LogP contribution in [-0.2, 0) is 10.0 Å². The van der Waals surface area contributed by atoms with Crippen molar-refractivity contribution in [3.63, 3.8) is 0 Å². The monoisotopic (exact) mass is 382 g/mol. The van der Waals surface area contributed by atoms with Crippen molar-refractivity contribution in [3.05, 3.63) is 22.7 Å². The SMILES string of the molecule is CCCN(C1CCNC1)S(=O)(=O)c1cc(Cl)c(OC)cc1C.Cl. The summed E-state index contributed by atoms with van der Waals surface area (Å²) in [7, 11) is -2.06. The highest BCUT2D eigenvalue weighted by Crippen LogP contribution is 2.32. The molecule has 1 fully saturated rings. The molecule has 2 rings (SSSR count). The smallest absolute Gasteiger partial charge is 0.243 e. The van der Waals surface area contributed by atoms with Crippen molar-refractivity contribution in [1.82, 2.24) is 9.62 Å². The van der Waals surface area contributed by atoms with E-state index in [9.17, 15) is 8.42 Å². The Balaban J connectivity index is 0.00000264. The minimum Gasteiger partial charge on any atom is -0.495 e. The van der Waals surface area contributed by atoms with E-state index in [1.807, 2.05) is 6.92 Å². The minimum absolute atomic E-state index is 0. The number of hydrogen-bond donors (Lipinski definition) is 1. The first-order chi connectivity index (χ1) is 10.4. The number of benzene rings is 1. The van der Waals surface area contributed by atoms with E-state index < -0.39 is 10.0 Å². The van der Waals surface area contributed by atoms with E-state index in [1.54, 1.807) is 17.3 Å². The van der Waals surface area contributed by atoms with Crippen LogP contribution in [0.3, 0.4) is 0 Å². The second-order valence-electron chi connectivity index (χ2n) is 5.51. The molecule has 8 heteroatoms. The maximum absolute atomic E-state index is 13.1. The van der Waals surface area contributed by atoms with Crippen molar-refractivity contribution in [1.29, 1.82) is 0 Å². The molecule has 0 aromatic heterocycles. The molecular formula is C15H24Cl2N2O3S. The van der Waals surface area contributed by atoms with Gasteiger partial charge < -0.3 is 10.1 Å². The lowest BCUT2D eigenvalue weighted by Crippen LogP contribution is -2.42. The molecule has 0 radical (unpaired) electrons. The van der Waals surface area contributed by atoms with Gasteiger partial charge in [0.05, 0.1) is 17.0 Å². The highest BCUT2D eigenvalue weighted by atomic mass is 35.5. The molecule has 1 aromatic carbocycles. The summed E-state index contributed by atoms with van der Waals surface area (Å²) in [5, 5.41) is 3.54. The van der Waals surface area contributed by atoms with Gasteiger partial charge in [0.25, 0.3) is 0 Å². The lowest BCUT2D eigenvalue weighted by molar-refractivity contribution is 0.335. The number of nitrogens with one attached hydrogen (secondary N) is 1. The van der Waals surface area contributed by atoms with Crippen molar-refractivity contribution >= 4 is 34.0 Å². The van der Waals surface area contributed by atoms with Gasteiger partial charge in [-0.2, -0.15) is 4.31 Å². The topological polar surface area (TPSA) is 58.6 Å². The summed E-state index contributed by atoms with van der Waals surface area (Å²) in [6.07, 6.45) is 1.61. The number of ether oxygens (including phenoxy) is 1. The van der Waals surface area contributed by atoms with Crippen molar-refractivity contribution in [2.75, 3.05) is 26.7 Å². The Kier molecular flexibility index (Phi) is 7.61. The predicted molar refractivity (Wildman–Crippen MR) is 95.4 cm³/mol. The molecular weight excluding hydrogens is 359 g/mol. The Morgan fingerprint density at radius 3 is 2.65 bits per heavy atom. The summed E-state index contributed by atoms with van der Waals surface area (Å²) in [5.74, 6) is 0.489. The van der Waals surface area contributed by atoms with E-state index in [4.69, 9.17) is 16.3 Å². The fraction of sp³-hybridized carbons (Fsp3) is 0.600. The standard InChI is InChI=1S/C15H23ClN2O3S.ClH/c1-4-7-18(12-5-6-17-10-12)22(19,20)15-9-13(16)14(21-3)8-11(15)2;/h8-9,12,17H,4-7,10H2,1-3H3;1H. The van der Waals surface area contributed by atoms with Crippen molar-refractivity contribution in [3.8, 4) is 5.75 Å². The first-order valence-corrected chi connectivity index (χ1v) is 9.30. The van der Waals surface area contributed by atoms with E-state index in [-0.39, 0.29) is 23.3 Å². The second kappa shape index (κ2) is 8.53. The van der Waals surface area contributed by atoms with Crippen LogP contribution in [0.4, 0.5) is 0 Å². The largest absolute Gasteiger partial charge is 0.495 e. The van der Waals surface area contributed by atoms with Gasteiger partial charge in [-0.25, -0.2) is 8.42 Å². The number of halogens is 2. The highest BCUT2D eigenvalue weighted by Gasteiger charge is 2.33. The molecule has 1 atom stereocenters. The molecule has 1 heterocycles. The predicted octanol–water partition coefficient (Wildman–Crippen LogP) is 2.84. The molecule has 1 aliphatic heterocycles. The van der Waals surface area contributed by atoms with Crippen LogP contribution in [0.25, 0.3) is 0 Å². The van der Waals surface area contributed by atoms with Crippen LogP contribution in [0.2, 0.25) is 5.02 Å². The van der Waals surface area contributed by atoms with Gasteiger partial charge in [-0.1, -0.05) is 18.5 Å². The quantitative estimate of drug-likeness (QED) is 0.821. The number of sulfonamides is 1. The Morgan fingerprint density at radius 2 is 2.13 bits per heavy atom. The molecule has 0 spiro atoms. The minimum atomic E-state index is -3.57. The maximum Gasteiger partial charge on any atom is 0.243 e. The molecule has 1 aliphatic rings. The fourth-order valence-electron chi connectivity index (χ4n) is 2.80. The van der Waals surface area contributed by atoms with Crippen LogP contribution in [0, 0.1) is 6.92 Å². The summed E-state index contributed by atoms with van der Waals surface area (Å²) < 4.78 is 32.9.